The van der Waals surface area contributed by atoms with Crippen LogP contribution in [-0.4, -0.2) is 16.5 Å². The largest absolute Gasteiger partial charge is 0.497 e. The Morgan fingerprint density at radius 3 is 2.88 bits per heavy atom. The van der Waals surface area contributed by atoms with Crippen molar-refractivity contribution in [3.05, 3.63) is 40.6 Å². The number of fused-ring (bicyclic) bond motifs is 3. The Kier molecular flexibility index (Phi) is 2.33. The Morgan fingerprint density at radius 1 is 1.29 bits per heavy atom. The van der Waals surface area contributed by atoms with Gasteiger partial charge in [-0.1, -0.05) is 0 Å². The third-order valence-electron chi connectivity index (χ3n) is 2.94. The molecule has 1 aromatic carbocycles. The zero-order valence-electron chi connectivity index (χ0n) is 9.57. The molecule has 3 nitrogen and oxygen atoms in total. The van der Waals surface area contributed by atoms with Gasteiger partial charge in [0.15, 0.2) is 0 Å². The molecule has 0 saturated heterocycles. The van der Waals surface area contributed by atoms with Crippen LogP contribution in [0, 0.1) is 6.92 Å². The number of rotatable bonds is 1. The molecule has 4 heteroatoms. The van der Waals surface area contributed by atoms with E-state index >= 15 is 0 Å². The molecular formula is C13H11BrN2O. The van der Waals surface area contributed by atoms with Crippen LogP contribution in [0.25, 0.3) is 16.6 Å². The van der Waals surface area contributed by atoms with E-state index in [1.165, 1.54) is 10.9 Å². The van der Waals surface area contributed by atoms with Gasteiger partial charge in [0.2, 0.25) is 0 Å². The lowest BCUT2D eigenvalue weighted by Crippen LogP contribution is -1.91. The molecule has 0 atom stereocenters. The molecule has 3 aromatic rings. The van der Waals surface area contributed by atoms with E-state index < -0.39 is 0 Å². The normalized spacial score (nSPS) is 11.2. The van der Waals surface area contributed by atoms with Crippen LogP contribution in [0.2, 0.25) is 0 Å². The van der Waals surface area contributed by atoms with Gasteiger partial charge in [0.25, 0.3) is 0 Å². The summed E-state index contributed by atoms with van der Waals surface area (Å²) in [7, 11) is 1.68. The summed E-state index contributed by atoms with van der Waals surface area (Å²) in [5, 5.41) is 1.18. The minimum Gasteiger partial charge on any atom is -0.497 e. The number of aromatic nitrogens is 2. The molecule has 0 radical (unpaired) electrons. The van der Waals surface area contributed by atoms with Gasteiger partial charge in [-0.05, 0) is 52.7 Å². The van der Waals surface area contributed by atoms with Gasteiger partial charge < -0.3 is 4.74 Å². The number of hydrogen-bond acceptors (Lipinski definition) is 2. The molecule has 0 spiro atoms. The van der Waals surface area contributed by atoms with Gasteiger partial charge in [-0.3, -0.25) is 4.40 Å². The van der Waals surface area contributed by atoms with Crippen molar-refractivity contribution in [3.8, 4) is 5.75 Å². The number of ether oxygens (including phenoxy) is 1. The first-order valence-electron chi connectivity index (χ1n) is 5.31. The van der Waals surface area contributed by atoms with Crippen LogP contribution in [0.4, 0.5) is 0 Å². The van der Waals surface area contributed by atoms with E-state index in [0.717, 1.165) is 21.5 Å². The summed E-state index contributed by atoms with van der Waals surface area (Å²) < 4.78 is 8.18. The first-order valence-corrected chi connectivity index (χ1v) is 6.10. The lowest BCUT2D eigenvalue weighted by atomic mass is 10.1. The number of pyridine rings is 1. The molecule has 86 valence electrons. The molecule has 0 N–H and O–H groups in total. The minimum atomic E-state index is 0.847. The highest BCUT2D eigenvalue weighted by atomic mass is 79.9. The predicted molar refractivity (Wildman–Crippen MR) is 71.7 cm³/mol. The third kappa shape index (κ3) is 1.60. The predicted octanol–water partition coefficient (Wildman–Crippen LogP) is 3.57. The summed E-state index contributed by atoms with van der Waals surface area (Å²) in [5.74, 6) is 0.874. The Morgan fingerprint density at radius 2 is 2.12 bits per heavy atom. The molecule has 0 bridgehead atoms. The summed E-state index contributed by atoms with van der Waals surface area (Å²) in [5.41, 5.74) is 3.29. The van der Waals surface area contributed by atoms with Crippen LogP contribution in [-0.2, 0) is 0 Å². The summed E-state index contributed by atoms with van der Waals surface area (Å²) in [4.78, 5) is 4.42. The van der Waals surface area contributed by atoms with Crippen molar-refractivity contribution in [2.45, 2.75) is 6.92 Å². The van der Waals surface area contributed by atoms with E-state index in [9.17, 15) is 0 Å². The molecule has 0 saturated carbocycles. The van der Waals surface area contributed by atoms with Crippen LogP contribution in [0.5, 0.6) is 5.75 Å². The zero-order chi connectivity index (χ0) is 12.0. The maximum Gasteiger partial charge on any atom is 0.138 e. The van der Waals surface area contributed by atoms with Gasteiger partial charge >= 0.3 is 0 Å². The minimum absolute atomic E-state index is 0.847. The van der Waals surface area contributed by atoms with Crippen LogP contribution >= 0.6 is 15.9 Å². The van der Waals surface area contributed by atoms with E-state index in [1.54, 1.807) is 7.11 Å². The smallest absolute Gasteiger partial charge is 0.138 e. The van der Waals surface area contributed by atoms with Crippen molar-refractivity contribution in [3.63, 3.8) is 0 Å². The maximum absolute atomic E-state index is 5.26. The quantitative estimate of drug-likeness (QED) is 0.685. The standard InChI is InChI=1S/C13H11BrN2O/c1-8-5-13-15-12(14)7-16(13)11-4-3-9(17-2)6-10(8)11/h3-7H,1-2H3. The molecule has 0 unspecified atom stereocenters. The van der Waals surface area contributed by atoms with Crippen molar-refractivity contribution in [2.24, 2.45) is 0 Å². The molecule has 3 rings (SSSR count). The van der Waals surface area contributed by atoms with Crippen molar-refractivity contribution in [2.75, 3.05) is 7.11 Å². The number of methoxy groups -OCH3 is 1. The maximum atomic E-state index is 5.26. The molecular weight excluding hydrogens is 280 g/mol. The first kappa shape index (κ1) is 10.6. The zero-order valence-corrected chi connectivity index (χ0v) is 11.2. The summed E-state index contributed by atoms with van der Waals surface area (Å²) in [6.07, 6.45) is 1.98. The third-order valence-corrected chi connectivity index (χ3v) is 3.32. The van der Waals surface area contributed by atoms with Crippen molar-refractivity contribution in [1.82, 2.24) is 9.38 Å². The van der Waals surface area contributed by atoms with Gasteiger partial charge in [-0.15, -0.1) is 0 Å². The van der Waals surface area contributed by atoms with Crippen LogP contribution in [0.1, 0.15) is 5.56 Å². The molecule has 2 heterocycles. The second-order valence-electron chi connectivity index (χ2n) is 4.00. The van der Waals surface area contributed by atoms with Crippen LogP contribution in [0.15, 0.2) is 35.1 Å². The van der Waals surface area contributed by atoms with Crippen LogP contribution < -0.4 is 4.74 Å². The Bertz CT molecular complexity index is 718. The number of halogens is 1. The van der Waals surface area contributed by atoms with Gasteiger partial charge in [0.1, 0.15) is 16.0 Å². The van der Waals surface area contributed by atoms with E-state index in [0.29, 0.717) is 0 Å². The fraction of sp³-hybridized carbons (Fsp3) is 0.154. The molecule has 0 amide bonds. The topological polar surface area (TPSA) is 26.5 Å². The van der Waals surface area contributed by atoms with Crippen molar-refractivity contribution < 1.29 is 4.74 Å². The lowest BCUT2D eigenvalue weighted by Gasteiger charge is -2.07. The highest BCUT2D eigenvalue weighted by molar-refractivity contribution is 9.10. The molecule has 0 aliphatic rings. The lowest BCUT2D eigenvalue weighted by molar-refractivity contribution is 0.415. The summed E-state index contributed by atoms with van der Waals surface area (Å²) in [6, 6.07) is 8.15. The fourth-order valence-corrected chi connectivity index (χ4v) is 2.49. The average molecular weight is 291 g/mol. The van der Waals surface area contributed by atoms with Gasteiger partial charge in [0, 0.05) is 11.6 Å². The van der Waals surface area contributed by atoms with E-state index in [-0.39, 0.29) is 0 Å². The van der Waals surface area contributed by atoms with E-state index in [1.807, 2.05) is 12.3 Å². The van der Waals surface area contributed by atoms with Gasteiger partial charge in [-0.2, -0.15) is 0 Å². The molecule has 0 aliphatic heterocycles. The number of hydrogen-bond donors (Lipinski definition) is 0. The Hall–Kier alpha value is -1.55. The fourth-order valence-electron chi connectivity index (χ4n) is 2.10. The van der Waals surface area contributed by atoms with Gasteiger partial charge in [0.05, 0.1) is 12.6 Å². The Labute approximate surface area is 107 Å². The molecule has 0 fully saturated rings. The van der Waals surface area contributed by atoms with Crippen molar-refractivity contribution >= 4 is 32.5 Å². The number of benzene rings is 1. The molecule has 2 aromatic heterocycles. The number of nitrogens with zero attached hydrogens (tertiary/aromatic N) is 2. The summed E-state index contributed by atoms with van der Waals surface area (Å²) >= 11 is 3.41. The van der Waals surface area contributed by atoms with Gasteiger partial charge in [-0.25, -0.2) is 4.98 Å². The second kappa shape index (κ2) is 3.74. The number of imidazole rings is 1. The first-order chi connectivity index (χ1) is 8.19. The Balaban J connectivity index is 2.48. The SMILES string of the molecule is COc1ccc2c(c1)c(C)cc1nc(Br)cn12. The number of aryl methyl sites for hydroxylation is 1. The van der Waals surface area contributed by atoms with E-state index in [4.69, 9.17) is 4.74 Å². The summed E-state index contributed by atoms with van der Waals surface area (Å²) in [6.45, 7) is 2.09. The highest BCUT2D eigenvalue weighted by Gasteiger charge is 2.07. The van der Waals surface area contributed by atoms with E-state index in [2.05, 4.69) is 50.4 Å². The second-order valence-corrected chi connectivity index (χ2v) is 4.81. The van der Waals surface area contributed by atoms with Crippen molar-refractivity contribution in [1.29, 1.82) is 0 Å². The average Bonchev–Trinajstić information content (AvgIpc) is 2.69. The van der Waals surface area contributed by atoms with Crippen LogP contribution in [0.3, 0.4) is 0 Å². The monoisotopic (exact) mass is 290 g/mol. The molecule has 17 heavy (non-hydrogen) atoms. The molecule has 0 aliphatic carbocycles. The highest BCUT2D eigenvalue weighted by Crippen LogP contribution is 2.26.